The minimum atomic E-state index is -3.55. The summed E-state index contributed by atoms with van der Waals surface area (Å²) in [6, 6.07) is 4.29. The highest BCUT2D eigenvalue weighted by Crippen LogP contribution is 2.28. The van der Waals surface area contributed by atoms with Gasteiger partial charge in [0.1, 0.15) is 0 Å². The van der Waals surface area contributed by atoms with Crippen molar-refractivity contribution in [2.24, 2.45) is 0 Å². The highest BCUT2D eigenvalue weighted by atomic mass is 32.2. The van der Waals surface area contributed by atoms with E-state index in [4.69, 9.17) is 5.11 Å². The van der Waals surface area contributed by atoms with Crippen molar-refractivity contribution in [1.82, 2.24) is 4.72 Å². The lowest BCUT2D eigenvalue weighted by Gasteiger charge is -2.35. The van der Waals surface area contributed by atoms with Gasteiger partial charge in [0.05, 0.1) is 11.3 Å². The maximum absolute atomic E-state index is 12.1. The number of nitrogens with one attached hydrogen (secondary N) is 1. The number of hydrogen-bond donors (Lipinski definition) is 2. The molecule has 7 heteroatoms. The molecular weight excluding hydrogens is 268 g/mol. The molecule has 1 unspecified atom stereocenters. The Morgan fingerprint density at radius 2 is 2.16 bits per heavy atom. The predicted molar refractivity (Wildman–Crippen MR) is 71.6 cm³/mol. The standard InChI is InChI=1S/C12H16N2O4S/c1-8-7-10(12(15)16)3-4-11(8)14-9(2)5-6-13-19(14,17)18/h3-4,7,9,13H,5-6H2,1-2H3,(H,15,16). The first-order valence-electron chi connectivity index (χ1n) is 5.96. The molecule has 1 aromatic carbocycles. The van der Waals surface area contributed by atoms with E-state index in [-0.39, 0.29) is 11.6 Å². The van der Waals surface area contributed by atoms with Crippen molar-refractivity contribution in [2.45, 2.75) is 26.3 Å². The normalized spacial score (nSPS) is 22.2. The largest absolute Gasteiger partial charge is 0.478 e. The molecule has 104 valence electrons. The number of nitrogens with zero attached hydrogens (tertiary/aromatic N) is 1. The van der Waals surface area contributed by atoms with Gasteiger partial charge in [-0.15, -0.1) is 0 Å². The van der Waals surface area contributed by atoms with Crippen molar-refractivity contribution in [3.8, 4) is 0 Å². The van der Waals surface area contributed by atoms with E-state index >= 15 is 0 Å². The maximum atomic E-state index is 12.1. The van der Waals surface area contributed by atoms with Crippen LogP contribution < -0.4 is 9.03 Å². The molecule has 0 aromatic heterocycles. The molecule has 0 bridgehead atoms. The van der Waals surface area contributed by atoms with Crippen LogP contribution in [-0.4, -0.2) is 32.1 Å². The Labute approximate surface area is 112 Å². The molecule has 6 nitrogen and oxygen atoms in total. The van der Waals surface area contributed by atoms with Gasteiger partial charge in [0.25, 0.3) is 0 Å². The number of anilines is 1. The molecule has 1 aliphatic heterocycles. The number of carbonyl (C=O) groups is 1. The third kappa shape index (κ3) is 2.57. The first kappa shape index (κ1) is 13.8. The Hall–Kier alpha value is -1.60. The number of hydrogen-bond acceptors (Lipinski definition) is 3. The molecule has 2 N–H and O–H groups in total. The predicted octanol–water partition coefficient (Wildman–Crippen LogP) is 1.13. The average Bonchev–Trinajstić information content (AvgIpc) is 2.29. The molecule has 19 heavy (non-hydrogen) atoms. The molecule has 1 fully saturated rings. The van der Waals surface area contributed by atoms with E-state index in [1.165, 1.54) is 16.4 Å². The first-order chi connectivity index (χ1) is 8.83. The summed E-state index contributed by atoms with van der Waals surface area (Å²) in [6.07, 6.45) is 0.708. The molecule has 0 aliphatic carbocycles. The lowest BCUT2D eigenvalue weighted by atomic mass is 10.1. The molecular formula is C12H16N2O4S. The number of rotatable bonds is 2. The first-order valence-corrected chi connectivity index (χ1v) is 7.40. The molecule has 0 saturated carbocycles. The number of carboxylic acids is 1. The van der Waals surface area contributed by atoms with Crippen molar-refractivity contribution >= 4 is 21.9 Å². The molecule has 1 saturated heterocycles. The SMILES string of the molecule is Cc1cc(C(=O)O)ccc1N1C(C)CCNS1(=O)=O. The monoisotopic (exact) mass is 284 g/mol. The minimum Gasteiger partial charge on any atom is -0.478 e. The van der Waals surface area contributed by atoms with Gasteiger partial charge in [-0.1, -0.05) is 0 Å². The Morgan fingerprint density at radius 3 is 2.68 bits per heavy atom. The number of carboxylic acid groups (broad SMARTS) is 1. The van der Waals surface area contributed by atoms with Gasteiger partial charge >= 0.3 is 16.2 Å². The van der Waals surface area contributed by atoms with Crippen LogP contribution in [0.15, 0.2) is 18.2 Å². The van der Waals surface area contributed by atoms with E-state index in [9.17, 15) is 13.2 Å². The lowest BCUT2D eigenvalue weighted by molar-refractivity contribution is 0.0697. The molecule has 0 spiro atoms. The molecule has 2 rings (SSSR count). The van der Waals surface area contributed by atoms with Gasteiger partial charge in [-0.05, 0) is 44.0 Å². The summed E-state index contributed by atoms with van der Waals surface area (Å²) in [5.41, 5.74) is 1.29. The Morgan fingerprint density at radius 1 is 1.47 bits per heavy atom. The van der Waals surface area contributed by atoms with Crippen LogP contribution in [0.3, 0.4) is 0 Å². The summed E-state index contributed by atoms with van der Waals surface area (Å²) in [5, 5.41) is 8.92. The number of aromatic carboxylic acids is 1. The summed E-state index contributed by atoms with van der Waals surface area (Å²) >= 11 is 0. The van der Waals surface area contributed by atoms with Gasteiger partial charge in [0.2, 0.25) is 0 Å². The molecule has 1 atom stereocenters. The summed E-state index contributed by atoms with van der Waals surface area (Å²) in [4.78, 5) is 10.9. The zero-order valence-electron chi connectivity index (χ0n) is 10.8. The topological polar surface area (TPSA) is 86.7 Å². The fraction of sp³-hybridized carbons (Fsp3) is 0.417. The van der Waals surface area contributed by atoms with Crippen LogP contribution in [-0.2, 0) is 10.2 Å². The van der Waals surface area contributed by atoms with Crippen molar-refractivity contribution in [3.05, 3.63) is 29.3 Å². The van der Waals surface area contributed by atoms with Crippen LogP contribution in [0.5, 0.6) is 0 Å². The molecule has 1 aromatic rings. The summed E-state index contributed by atoms with van der Waals surface area (Å²) in [7, 11) is -3.55. The summed E-state index contributed by atoms with van der Waals surface area (Å²) in [6.45, 7) is 3.97. The van der Waals surface area contributed by atoms with Crippen LogP contribution in [0.4, 0.5) is 5.69 Å². The second-order valence-corrected chi connectivity index (χ2v) is 6.27. The van der Waals surface area contributed by atoms with Gasteiger partial charge in [0, 0.05) is 12.6 Å². The second kappa shape index (κ2) is 4.82. The van der Waals surface area contributed by atoms with Crippen molar-refractivity contribution in [2.75, 3.05) is 10.8 Å². The molecule has 0 amide bonds. The fourth-order valence-electron chi connectivity index (χ4n) is 2.22. The number of benzene rings is 1. The summed E-state index contributed by atoms with van der Waals surface area (Å²) < 4.78 is 27.9. The Kier molecular flexibility index (Phi) is 3.51. The van der Waals surface area contributed by atoms with E-state index in [0.717, 1.165) is 0 Å². The smallest absolute Gasteiger partial charge is 0.335 e. The van der Waals surface area contributed by atoms with Crippen LogP contribution in [0, 0.1) is 6.92 Å². The van der Waals surface area contributed by atoms with Gasteiger partial charge in [0.15, 0.2) is 0 Å². The van der Waals surface area contributed by atoms with Crippen LogP contribution in [0.2, 0.25) is 0 Å². The zero-order valence-corrected chi connectivity index (χ0v) is 11.6. The average molecular weight is 284 g/mol. The van der Waals surface area contributed by atoms with Gasteiger partial charge in [-0.3, -0.25) is 4.31 Å². The number of aryl methyl sites for hydroxylation is 1. The minimum absolute atomic E-state index is 0.149. The highest BCUT2D eigenvalue weighted by Gasteiger charge is 2.32. The third-order valence-electron chi connectivity index (χ3n) is 3.19. The summed E-state index contributed by atoms with van der Waals surface area (Å²) in [5.74, 6) is -1.03. The Balaban J connectivity index is 2.48. The van der Waals surface area contributed by atoms with Crippen LogP contribution in [0.1, 0.15) is 29.3 Å². The van der Waals surface area contributed by atoms with Crippen molar-refractivity contribution < 1.29 is 18.3 Å². The quantitative estimate of drug-likeness (QED) is 0.852. The second-order valence-electron chi connectivity index (χ2n) is 4.64. The lowest BCUT2D eigenvalue weighted by Crippen LogP contribution is -2.52. The fourth-order valence-corrected chi connectivity index (χ4v) is 3.78. The van der Waals surface area contributed by atoms with Gasteiger partial charge < -0.3 is 5.11 Å². The van der Waals surface area contributed by atoms with Crippen molar-refractivity contribution in [3.63, 3.8) is 0 Å². The van der Waals surface area contributed by atoms with E-state index in [2.05, 4.69) is 4.72 Å². The Bertz CT molecular complexity index is 612. The van der Waals surface area contributed by atoms with Crippen LogP contribution in [0.25, 0.3) is 0 Å². The maximum Gasteiger partial charge on any atom is 0.335 e. The zero-order chi connectivity index (χ0) is 14.2. The van der Waals surface area contributed by atoms with Crippen LogP contribution >= 0.6 is 0 Å². The van der Waals surface area contributed by atoms with E-state index in [0.29, 0.717) is 24.2 Å². The molecule has 1 heterocycles. The third-order valence-corrected chi connectivity index (χ3v) is 4.83. The molecule has 1 aliphatic rings. The van der Waals surface area contributed by atoms with Crippen molar-refractivity contribution in [1.29, 1.82) is 0 Å². The van der Waals surface area contributed by atoms with E-state index < -0.39 is 16.2 Å². The van der Waals surface area contributed by atoms with E-state index in [1.807, 2.05) is 6.92 Å². The van der Waals surface area contributed by atoms with E-state index in [1.54, 1.807) is 13.0 Å². The molecule has 0 radical (unpaired) electrons. The highest BCUT2D eigenvalue weighted by molar-refractivity contribution is 7.91. The van der Waals surface area contributed by atoms with Gasteiger partial charge in [-0.25, -0.2) is 4.79 Å². The van der Waals surface area contributed by atoms with Gasteiger partial charge in [-0.2, -0.15) is 13.1 Å².